The van der Waals surface area contributed by atoms with Crippen LogP contribution in [0.1, 0.15) is 5.56 Å². The summed E-state index contributed by atoms with van der Waals surface area (Å²) in [5.74, 6) is -0.133. The standard InChI is InChI=1S/C18H14N4O/c1-2-21-13-22(17-6-4-3-5-16(17)21)12-18(23)20-15-9-7-14(11-19)8-10-15/h2-10,13H,1,12H2/p+1. The summed E-state index contributed by atoms with van der Waals surface area (Å²) in [6.45, 7) is 3.98. The minimum absolute atomic E-state index is 0.133. The lowest BCUT2D eigenvalue weighted by molar-refractivity contribution is -0.658. The number of nitriles is 1. The Balaban J connectivity index is 1.80. The molecule has 0 spiro atoms. The largest absolute Gasteiger partial charge is 0.323 e. The molecule has 1 heterocycles. The molecule has 3 rings (SSSR count). The van der Waals surface area contributed by atoms with Crippen molar-refractivity contribution in [3.63, 3.8) is 0 Å². The SMILES string of the molecule is C=Cn1c[n+](CC(=O)Nc2ccc(C#N)cc2)c2ccccc21. The first-order chi connectivity index (χ1) is 11.2. The lowest BCUT2D eigenvalue weighted by atomic mass is 10.2. The first-order valence-electron chi connectivity index (χ1n) is 7.13. The molecule has 0 saturated heterocycles. The third-order valence-electron chi connectivity index (χ3n) is 3.54. The number of rotatable bonds is 4. The summed E-state index contributed by atoms with van der Waals surface area (Å²) in [6, 6.07) is 16.7. The van der Waals surface area contributed by atoms with Crippen molar-refractivity contribution >= 4 is 28.8 Å². The molecule has 0 saturated carbocycles. The van der Waals surface area contributed by atoms with E-state index in [9.17, 15) is 4.79 Å². The Labute approximate surface area is 133 Å². The quantitative estimate of drug-likeness (QED) is 0.753. The van der Waals surface area contributed by atoms with E-state index in [1.54, 1.807) is 30.5 Å². The molecule has 0 aliphatic rings. The maximum absolute atomic E-state index is 12.2. The van der Waals surface area contributed by atoms with Gasteiger partial charge in [0.1, 0.15) is 0 Å². The van der Waals surface area contributed by atoms with Gasteiger partial charge in [-0.25, -0.2) is 9.13 Å². The Hall–Kier alpha value is -3.39. The third kappa shape index (κ3) is 2.97. The summed E-state index contributed by atoms with van der Waals surface area (Å²) in [5.41, 5.74) is 3.18. The number of para-hydroxylation sites is 2. The van der Waals surface area contributed by atoms with Gasteiger partial charge in [0.05, 0.1) is 17.8 Å². The van der Waals surface area contributed by atoms with Crippen LogP contribution in [0, 0.1) is 11.3 Å². The lowest BCUT2D eigenvalue weighted by Crippen LogP contribution is -2.39. The van der Waals surface area contributed by atoms with Crippen LogP contribution in [-0.4, -0.2) is 10.5 Å². The van der Waals surface area contributed by atoms with Gasteiger partial charge in [0.2, 0.25) is 6.33 Å². The summed E-state index contributed by atoms with van der Waals surface area (Å²) >= 11 is 0. The number of imidazole rings is 1. The molecule has 0 aliphatic carbocycles. The molecule has 0 aliphatic heterocycles. The molecule has 1 aromatic heterocycles. The molecule has 0 unspecified atom stereocenters. The zero-order valence-electron chi connectivity index (χ0n) is 12.4. The fraction of sp³-hybridized carbons (Fsp3) is 0.0556. The molecule has 3 aromatic rings. The van der Waals surface area contributed by atoms with Gasteiger partial charge in [-0.2, -0.15) is 5.26 Å². The molecule has 112 valence electrons. The van der Waals surface area contributed by atoms with Crippen molar-refractivity contribution in [1.29, 1.82) is 5.26 Å². The Kier molecular flexibility index (Phi) is 3.89. The predicted molar refractivity (Wildman–Crippen MR) is 88.3 cm³/mol. The van der Waals surface area contributed by atoms with Crippen LogP contribution in [-0.2, 0) is 11.3 Å². The fourth-order valence-electron chi connectivity index (χ4n) is 2.45. The van der Waals surface area contributed by atoms with Crippen LogP contribution in [0.15, 0.2) is 61.4 Å². The van der Waals surface area contributed by atoms with Gasteiger partial charge in [-0.1, -0.05) is 18.7 Å². The van der Waals surface area contributed by atoms with Crippen molar-refractivity contribution < 1.29 is 9.36 Å². The summed E-state index contributed by atoms with van der Waals surface area (Å²) in [7, 11) is 0. The van der Waals surface area contributed by atoms with E-state index in [0.717, 1.165) is 11.0 Å². The Bertz CT molecular complexity index is 916. The number of aromatic nitrogens is 2. The van der Waals surface area contributed by atoms with Gasteiger partial charge < -0.3 is 5.32 Å². The van der Waals surface area contributed by atoms with Gasteiger partial charge in [0, 0.05) is 5.69 Å². The topological polar surface area (TPSA) is 61.7 Å². The second-order valence-corrected chi connectivity index (χ2v) is 5.06. The molecule has 0 atom stereocenters. The van der Waals surface area contributed by atoms with E-state index < -0.39 is 0 Å². The molecule has 0 radical (unpaired) electrons. The predicted octanol–water partition coefficient (Wildman–Crippen LogP) is 2.54. The van der Waals surface area contributed by atoms with E-state index in [0.29, 0.717) is 11.3 Å². The fourth-order valence-corrected chi connectivity index (χ4v) is 2.45. The Morgan fingerprint density at radius 1 is 1.26 bits per heavy atom. The zero-order valence-corrected chi connectivity index (χ0v) is 12.4. The Morgan fingerprint density at radius 3 is 2.70 bits per heavy atom. The van der Waals surface area contributed by atoms with Crippen molar-refractivity contribution in [3.8, 4) is 6.07 Å². The number of nitrogens with zero attached hydrogens (tertiary/aromatic N) is 3. The van der Waals surface area contributed by atoms with Crippen LogP contribution in [0.5, 0.6) is 0 Å². The van der Waals surface area contributed by atoms with Gasteiger partial charge in [-0.3, -0.25) is 4.79 Å². The smallest absolute Gasteiger partial charge is 0.266 e. The number of amides is 1. The maximum Gasteiger partial charge on any atom is 0.266 e. The summed E-state index contributed by atoms with van der Waals surface area (Å²) in [5, 5.41) is 11.6. The molecule has 1 N–H and O–H groups in total. The number of carbonyl (C=O) groups excluding carboxylic acids is 1. The van der Waals surface area contributed by atoms with Crippen LogP contribution in [0.4, 0.5) is 5.69 Å². The molecule has 2 aromatic carbocycles. The minimum Gasteiger partial charge on any atom is -0.323 e. The maximum atomic E-state index is 12.2. The van der Waals surface area contributed by atoms with E-state index >= 15 is 0 Å². The van der Waals surface area contributed by atoms with E-state index in [1.807, 2.05) is 45.8 Å². The van der Waals surface area contributed by atoms with Crippen LogP contribution < -0.4 is 9.88 Å². The van der Waals surface area contributed by atoms with E-state index in [4.69, 9.17) is 5.26 Å². The Morgan fingerprint density at radius 2 is 2.00 bits per heavy atom. The van der Waals surface area contributed by atoms with Crippen molar-refractivity contribution in [2.75, 3.05) is 5.32 Å². The summed E-state index contributed by atoms with van der Waals surface area (Å²) in [6.07, 6.45) is 3.55. The molecular weight excluding hydrogens is 288 g/mol. The first kappa shape index (κ1) is 14.5. The molecule has 5 heteroatoms. The zero-order chi connectivity index (χ0) is 16.2. The van der Waals surface area contributed by atoms with Gasteiger partial charge in [0.25, 0.3) is 5.91 Å². The molecular formula is C18H15N4O+. The average Bonchev–Trinajstić information content (AvgIpc) is 2.93. The van der Waals surface area contributed by atoms with Crippen LogP contribution in [0.2, 0.25) is 0 Å². The number of benzene rings is 2. The van der Waals surface area contributed by atoms with Gasteiger partial charge in [-0.05, 0) is 36.4 Å². The minimum atomic E-state index is -0.133. The molecule has 0 bridgehead atoms. The highest BCUT2D eigenvalue weighted by Gasteiger charge is 2.16. The summed E-state index contributed by atoms with van der Waals surface area (Å²) in [4.78, 5) is 12.2. The van der Waals surface area contributed by atoms with Crippen molar-refractivity contribution in [2.45, 2.75) is 6.54 Å². The average molecular weight is 303 g/mol. The first-order valence-corrected chi connectivity index (χ1v) is 7.13. The molecule has 5 nitrogen and oxygen atoms in total. The second kappa shape index (κ2) is 6.16. The van der Waals surface area contributed by atoms with Crippen molar-refractivity contribution in [1.82, 2.24) is 4.57 Å². The number of anilines is 1. The number of hydrogen-bond donors (Lipinski definition) is 1. The van der Waals surface area contributed by atoms with E-state index in [2.05, 4.69) is 11.9 Å². The summed E-state index contributed by atoms with van der Waals surface area (Å²) < 4.78 is 3.75. The number of fused-ring (bicyclic) bond motifs is 1. The highest BCUT2D eigenvalue weighted by atomic mass is 16.1. The lowest BCUT2D eigenvalue weighted by Gasteiger charge is -2.03. The molecule has 1 amide bonds. The molecule has 23 heavy (non-hydrogen) atoms. The van der Waals surface area contributed by atoms with Gasteiger partial charge >= 0.3 is 0 Å². The second-order valence-electron chi connectivity index (χ2n) is 5.06. The highest BCUT2D eigenvalue weighted by Crippen LogP contribution is 2.11. The van der Waals surface area contributed by atoms with Crippen LogP contribution in [0.25, 0.3) is 17.2 Å². The number of carbonyl (C=O) groups is 1. The number of nitrogens with one attached hydrogen (secondary N) is 1. The highest BCUT2D eigenvalue weighted by molar-refractivity contribution is 5.90. The van der Waals surface area contributed by atoms with Gasteiger partial charge in [0.15, 0.2) is 17.6 Å². The monoisotopic (exact) mass is 303 g/mol. The van der Waals surface area contributed by atoms with Crippen LogP contribution in [0.3, 0.4) is 0 Å². The van der Waals surface area contributed by atoms with E-state index in [1.165, 1.54) is 0 Å². The van der Waals surface area contributed by atoms with Crippen molar-refractivity contribution in [3.05, 3.63) is 67.0 Å². The van der Waals surface area contributed by atoms with Crippen molar-refractivity contribution in [2.24, 2.45) is 0 Å². The van der Waals surface area contributed by atoms with Crippen LogP contribution >= 0.6 is 0 Å². The van der Waals surface area contributed by atoms with Gasteiger partial charge in [-0.15, -0.1) is 0 Å². The normalized spacial score (nSPS) is 10.2. The third-order valence-corrected chi connectivity index (χ3v) is 3.54. The number of hydrogen-bond acceptors (Lipinski definition) is 2. The molecule has 0 fully saturated rings. The van der Waals surface area contributed by atoms with E-state index in [-0.39, 0.29) is 12.5 Å².